The highest BCUT2D eigenvalue weighted by atomic mass is 35.5. The molecular formula is C25H29ClN6O4S. The Morgan fingerprint density at radius 1 is 1.16 bits per heavy atom. The molecule has 0 bridgehead atoms. The topological polar surface area (TPSA) is 126 Å². The number of ether oxygens (including phenoxy) is 1. The first-order valence-electron chi connectivity index (χ1n) is 11.7. The molecule has 37 heavy (non-hydrogen) atoms. The fourth-order valence-corrected chi connectivity index (χ4v) is 5.22. The number of rotatable bonds is 8. The van der Waals surface area contributed by atoms with Crippen molar-refractivity contribution in [1.82, 2.24) is 14.9 Å². The van der Waals surface area contributed by atoms with Gasteiger partial charge >= 0.3 is 0 Å². The summed E-state index contributed by atoms with van der Waals surface area (Å²) in [4.78, 5) is 23.2. The van der Waals surface area contributed by atoms with Crippen LogP contribution < -0.4 is 20.7 Å². The van der Waals surface area contributed by atoms with Crippen LogP contribution in [0, 0.1) is 0 Å². The highest BCUT2D eigenvalue weighted by Gasteiger charge is 2.24. The van der Waals surface area contributed by atoms with E-state index >= 15 is 0 Å². The van der Waals surface area contributed by atoms with Crippen LogP contribution in [0.3, 0.4) is 0 Å². The van der Waals surface area contributed by atoms with Gasteiger partial charge in [-0.2, -0.15) is 4.98 Å². The zero-order valence-corrected chi connectivity index (χ0v) is 22.6. The summed E-state index contributed by atoms with van der Waals surface area (Å²) < 4.78 is 31.3. The maximum atomic E-state index is 12.8. The number of fused-ring (bicyclic) bond motifs is 1. The van der Waals surface area contributed by atoms with Gasteiger partial charge in [-0.05, 0) is 50.2 Å². The number of nitrogens with one attached hydrogen (secondary N) is 3. The van der Waals surface area contributed by atoms with Crippen LogP contribution in [0.5, 0.6) is 5.75 Å². The minimum atomic E-state index is -3.55. The van der Waals surface area contributed by atoms with E-state index in [1.165, 1.54) is 6.20 Å². The molecule has 0 atom stereocenters. The Labute approximate surface area is 221 Å². The molecule has 3 aromatic rings. The molecular weight excluding hydrogens is 516 g/mol. The molecule has 12 heteroatoms. The summed E-state index contributed by atoms with van der Waals surface area (Å²) in [5, 5.41) is 8.71. The fourth-order valence-electron chi connectivity index (χ4n) is 3.88. The number of methoxy groups -OCH3 is 1. The van der Waals surface area contributed by atoms with Crippen LogP contribution in [0.15, 0.2) is 47.5 Å². The normalized spacial score (nSPS) is 14.1. The number of para-hydroxylation sites is 1. The second kappa shape index (κ2) is 10.9. The molecule has 0 spiro atoms. The van der Waals surface area contributed by atoms with Gasteiger partial charge in [0.05, 0.1) is 41.4 Å². The number of amides is 1. The number of halogens is 1. The molecule has 1 amide bonds. The number of carbonyl (C=O) groups excluding carboxylic acids is 1. The molecule has 2 heterocycles. The van der Waals surface area contributed by atoms with Gasteiger partial charge < -0.3 is 20.7 Å². The van der Waals surface area contributed by atoms with Crippen LogP contribution in [-0.2, 0) is 21.2 Å². The van der Waals surface area contributed by atoms with E-state index in [1.807, 2.05) is 17.9 Å². The number of nitrogens with zero attached hydrogens (tertiary/aromatic N) is 3. The number of hydrogen-bond donors (Lipinski definition) is 3. The van der Waals surface area contributed by atoms with Gasteiger partial charge in [-0.1, -0.05) is 30.7 Å². The molecule has 1 aromatic heterocycles. The molecule has 0 fully saturated rings. The summed E-state index contributed by atoms with van der Waals surface area (Å²) in [5.41, 5.74) is 2.50. The molecule has 1 aliphatic rings. The van der Waals surface area contributed by atoms with Crippen molar-refractivity contribution in [1.29, 1.82) is 0 Å². The van der Waals surface area contributed by atoms with Gasteiger partial charge in [0.2, 0.25) is 11.9 Å². The summed E-state index contributed by atoms with van der Waals surface area (Å²) >= 11 is 6.35. The van der Waals surface area contributed by atoms with Crippen molar-refractivity contribution in [3.63, 3.8) is 0 Å². The van der Waals surface area contributed by atoms with Gasteiger partial charge in [0.25, 0.3) is 0 Å². The van der Waals surface area contributed by atoms with Gasteiger partial charge in [-0.3, -0.25) is 9.69 Å². The molecule has 0 saturated heterocycles. The standard InChI is InChI=1S/C25H29ClN6O4S/c1-5-32-13-16-10-21(36-4)20(11-19(16)28-23(33)14-32)30-25-27-12-17(26)24(31-25)29-18-8-6-7-9-22(18)37(34,35)15(2)3/h6-12,15H,5,13-14H2,1-4H3,(H,28,33)(H2,27,29,30,31). The fraction of sp³-hybridized carbons (Fsp3) is 0.320. The quantitative estimate of drug-likeness (QED) is 0.373. The Morgan fingerprint density at radius 3 is 2.62 bits per heavy atom. The number of carbonyl (C=O) groups is 1. The minimum Gasteiger partial charge on any atom is -0.495 e. The van der Waals surface area contributed by atoms with E-state index < -0.39 is 15.1 Å². The van der Waals surface area contributed by atoms with E-state index in [1.54, 1.807) is 51.3 Å². The van der Waals surface area contributed by atoms with Crippen LogP contribution >= 0.6 is 11.6 Å². The molecule has 0 saturated carbocycles. The number of aromatic nitrogens is 2. The summed E-state index contributed by atoms with van der Waals surface area (Å²) in [5.74, 6) is 0.879. The van der Waals surface area contributed by atoms with Gasteiger partial charge in [0, 0.05) is 12.2 Å². The first-order chi connectivity index (χ1) is 17.6. The van der Waals surface area contributed by atoms with Crippen molar-refractivity contribution < 1.29 is 17.9 Å². The van der Waals surface area contributed by atoms with Gasteiger partial charge in [-0.15, -0.1) is 0 Å². The molecule has 0 aliphatic carbocycles. The van der Waals surface area contributed by atoms with E-state index in [0.29, 0.717) is 35.9 Å². The van der Waals surface area contributed by atoms with Crippen LogP contribution in [0.2, 0.25) is 5.02 Å². The smallest absolute Gasteiger partial charge is 0.238 e. The van der Waals surface area contributed by atoms with Crippen LogP contribution in [0.1, 0.15) is 26.3 Å². The lowest BCUT2D eigenvalue weighted by atomic mass is 10.1. The number of anilines is 5. The third-order valence-corrected chi connectivity index (χ3v) is 8.45. The predicted octanol–water partition coefficient (Wildman–Crippen LogP) is 4.58. The SMILES string of the molecule is CCN1CC(=O)Nc2cc(Nc3ncc(Cl)c(Nc4ccccc4S(=O)(=O)C(C)C)n3)c(OC)cc2C1. The Hall–Kier alpha value is -3.41. The first kappa shape index (κ1) is 26.6. The van der Waals surface area contributed by atoms with E-state index in [2.05, 4.69) is 25.9 Å². The maximum Gasteiger partial charge on any atom is 0.238 e. The summed E-state index contributed by atoms with van der Waals surface area (Å²) in [6, 6.07) is 10.2. The van der Waals surface area contributed by atoms with E-state index in [-0.39, 0.29) is 27.6 Å². The predicted molar refractivity (Wildman–Crippen MR) is 145 cm³/mol. The lowest BCUT2D eigenvalue weighted by molar-refractivity contribution is -0.117. The highest BCUT2D eigenvalue weighted by Crippen LogP contribution is 2.36. The maximum absolute atomic E-state index is 12.8. The Bertz CT molecular complexity index is 1430. The molecule has 3 N–H and O–H groups in total. The molecule has 4 rings (SSSR count). The van der Waals surface area contributed by atoms with Crippen LogP contribution in [0.25, 0.3) is 0 Å². The monoisotopic (exact) mass is 544 g/mol. The van der Waals surface area contributed by atoms with Crippen LogP contribution in [-0.4, -0.2) is 54.6 Å². The number of likely N-dealkylation sites (N-methyl/N-ethyl adjacent to an activating group) is 1. The van der Waals surface area contributed by atoms with Crippen molar-refractivity contribution in [2.45, 2.75) is 37.5 Å². The largest absolute Gasteiger partial charge is 0.495 e. The number of benzene rings is 2. The van der Waals surface area contributed by atoms with Crippen molar-refractivity contribution in [2.75, 3.05) is 36.1 Å². The third kappa shape index (κ3) is 5.79. The second-order valence-corrected chi connectivity index (χ2v) is 11.7. The highest BCUT2D eigenvalue weighted by molar-refractivity contribution is 7.92. The van der Waals surface area contributed by atoms with Crippen LogP contribution in [0.4, 0.5) is 28.8 Å². The number of sulfone groups is 1. The van der Waals surface area contributed by atoms with E-state index in [9.17, 15) is 13.2 Å². The lowest BCUT2D eigenvalue weighted by Crippen LogP contribution is -2.29. The minimum absolute atomic E-state index is 0.0963. The van der Waals surface area contributed by atoms with Gasteiger partial charge in [0.1, 0.15) is 10.8 Å². The van der Waals surface area contributed by atoms with Crippen molar-refractivity contribution in [3.05, 3.63) is 53.2 Å². The zero-order valence-electron chi connectivity index (χ0n) is 21.0. The Balaban J connectivity index is 1.66. The summed E-state index contributed by atoms with van der Waals surface area (Å²) in [6.45, 7) is 6.91. The molecule has 2 aromatic carbocycles. The van der Waals surface area contributed by atoms with Gasteiger partial charge in [0.15, 0.2) is 15.7 Å². The van der Waals surface area contributed by atoms with E-state index in [0.717, 1.165) is 12.1 Å². The summed E-state index contributed by atoms with van der Waals surface area (Å²) in [7, 11) is -1.99. The van der Waals surface area contributed by atoms with Gasteiger partial charge in [-0.25, -0.2) is 13.4 Å². The van der Waals surface area contributed by atoms with Crippen molar-refractivity contribution >= 4 is 56.2 Å². The average molecular weight is 545 g/mol. The number of hydrogen-bond acceptors (Lipinski definition) is 9. The summed E-state index contributed by atoms with van der Waals surface area (Å²) in [6.07, 6.45) is 1.41. The van der Waals surface area contributed by atoms with Crippen molar-refractivity contribution in [2.24, 2.45) is 0 Å². The molecule has 0 unspecified atom stereocenters. The lowest BCUT2D eigenvalue weighted by Gasteiger charge is -2.18. The second-order valence-electron chi connectivity index (χ2n) is 8.79. The average Bonchev–Trinajstić information content (AvgIpc) is 3.02. The molecule has 1 aliphatic heterocycles. The third-order valence-electron chi connectivity index (χ3n) is 5.97. The Morgan fingerprint density at radius 2 is 1.92 bits per heavy atom. The molecule has 10 nitrogen and oxygen atoms in total. The first-order valence-corrected chi connectivity index (χ1v) is 13.7. The Kier molecular flexibility index (Phi) is 7.86. The zero-order chi connectivity index (χ0) is 26.7. The van der Waals surface area contributed by atoms with Crippen molar-refractivity contribution in [3.8, 4) is 5.75 Å². The molecule has 0 radical (unpaired) electrons. The van der Waals surface area contributed by atoms with E-state index in [4.69, 9.17) is 16.3 Å². The molecule has 196 valence electrons.